The third-order valence-electron chi connectivity index (χ3n) is 4.84. The minimum Gasteiger partial charge on any atom is -0.322 e. The molecule has 2 unspecified atom stereocenters. The molecular weight excluding hydrogens is 408 g/mol. The fourth-order valence-electron chi connectivity index (χ4n) is 3.31. The summed E-state index contributed by atoms with van der Waals surface area (Å²) < 4.78 is 79.0. The molecule has 30 heavy (non-hydrogen) atoms. The summed E-state index contributed by atoms with van der Waals surface area (Å²) in [6.45, 7) is 1.79. The van der Waals surface area contributed by atoms with E-state index >= 15 is 0 Å². The number of allylic oxidation sites excluding steroid dienone is 3. The summed E-state index contributed by atoms with van der Waals surface area (Å²) in [5, 5.41) is 2.40. The first kappa shape index (κ1) is 21.7. The second-order valence-corrected chi connectivity index (χ2v) is 6.99. The van der Waals surface area contributed by atoms with E-state index in [1.54, 1.807) is 19.1 Å². The number of aryl methyl sites for hydroxylation is 1. The molecule has 1 aliphatic rings. The first-order valence-corrected chi connectivity index (χ1v) is 8.97. The summed E-state index contributed by atoms with van der Waals surface area (Å²) >= 11 is 0. The molecule has 0 aliphatic heterocycles. The van der Waals surface area contributed by atoms with Crippen molar-refractivity contribution in [1.82, 2.24) is 0 Å². The van der Waals surface area contributed by atoms with E-state index in [0.717, 1.165) is 35.9 Å². The van der Waals surface area contributed by atoms with Gasteiger partial charge in [-0.3, -0.25) is 4.79 Å². The number of alkyl halides is 6. The Balaban J connectivity index is 1.91. The Hall–Kier alpha value is -3.03. The minimum absolute atomic E-state index is 0.0506. The number of halogens is 6. The van der Waals surface area contributed by atoms with Crippen LogP contribution in [0.5, 0.6) is 0 Å². The van der Waals surface area contributed by atoms with Gasteiger partial charge in [0.1, 0.15) is 0 Å². The molecule has 3 rings (SSSR count). The quantitative estimate of drug-likeness (QED) is 0.566. The number of carbonyl (C=O) groups is 1. The Morgan fingerprint density at radius 2 is 1.50 bits per heavy atom. The normalized spacial score (nSPS) is 19.4. The zero-order valence-corrected chi connectivity index (χ0v) is 15.7. The predicted octanol–water partition coefficient (Wildman–Crippen LogP) is 6.41. The molecule has 0 aromatic heterocycles. The second-order valence-electron chi connectivity index (χ2n) is 6.99. The van der Waals surface area contributed by atoms with E-state index in [2.05, 4.69) is 5.32 Å². The molecule has 0 heterocycles. The van der Waals surface area contributed by atoms with Crippen molar-refractivity contribution in [2.24, 2.45) is 5.92 Å². The van der Waals surface area contributed by atoms with Gasteiger partial charge in [0.05, 0.1) is 11.5 Å². The van der Waals surface area contributed by atoms with Crippen LogP contribution >= 0.6 is 0 Å². The molecule has 1 N–H and O–H groups in total. The maximum Gasteiger partial charge on any atom is 0.416 e. The summed E-state index contributed by atoms with van der Waals surface area (Å²) in [6, 6.07) is 10.1. The fraction of sp³-hybridized carbons (Fsp3) is 0.227. The molecular formula is C22H17F6NO. The van der Waals surface area contributed by atoms with Crippen LogP contribution in [-0.2, 0) is 11.0 Å². The Morgan fingerprint density at radius 1 is 0.900 bits per heavy atom. The molecule has 2 aromatic rings. The van der Waals surface area contributed by atoms with Gasteiger partial charge in [0.2, 0.25) is 0 Å². The summed E-state index contributed by atoms with van der Waals surface area (Å²) in [6.07, 6.45) is -5.65. The van der Waals surface area contributed by atoms with Crippen LogP contribution in [0.2, 0.25) is 0 Å². The van der Waals surface area contributed by atoms with E-state index in [1.807, 2.05) is 0 Å². The Bertz CT molecular complexity index is 969. The molecule has 158 valence electrons. The zero-order chi connectivity index (χ0) is 22.1. The third kappa shape index (κ3) is 4.75. The van der Waals surface area contributed by atoms with Crippen molar-refractivity contribution in [2.75, 3.05) is 5.32 Å². The molecule has 2 aromatic carbocycles. The van der Waals surface area contributed by atoms with Crippen LogP contribution in [0.15, 0.2) is 72.3 Å². The van der Waals surface area contributed by atoms with Crippen molar-refractivity contribution in [3.8, 4) is 0 Å². The number of nitrogens with one attached hydrogen (secondary N) is 1. The molecule has 1 aliphatic carbocycles. The largest absolute Gasteiger partial charge is 0.416 e. The smallest absolute Gasteiger partial charge is 0.322 e. The predicted molar refractivity (Wildman–Crippen MR) is 101 cm³/mol. The number of hydrogen-bond acceptors (Lipinski definition) is 1. The van der Waals surface area contributed by atoms with E-state index in [1.165, 1.54) is 24.3 Å². The Labute approximate surface area is 168 Å². The van der Waals surface area contributed by atoms with E-state index in [0.29, 0.717) is 5.56 Å². The summed E-state index contributed by atoms with van der Waals surface area (Å²) in [7, 11) is 0. The zero-order valence-electron chi connectivity index (χ0n) is 15.7. The fourth-order valence-corrected chi connectivity index (χ4v) is 3.31. The Kier molecular flexibility index (Phi) is 5.78. The molecule has 0 bridgehead atoms. The number of carbonyl (C=O) groups excluding carboxylic acids is 1. The molecule has 0 saturated carbocycles. The van der Waals surface area contributed by atoms with Crippen molar-refractivity contribution in [3.05, 3.63) is 89.0 Å². The third-order valence-corrected chi connectivity index (χ3v) is 4.84. The van der Waals surface area contributed by atoms with Crippen LogP contribution in [0.25, 0.3) is 0 Å². The number of anilines is 1. The highest BCUT2D eigenvalue weighted by Gasteiger charge is 2.47. The number of rotatable bonds is 3. The van der Waals surface area contributed by atoms with Gasteiger partial charge >= 0.3 is 12.4 Å². The van der Waals surface area contributed by atoms with Gasteiger partial charge in [0.15, 0.2) is 0 Å². The van der Waals surface area contributed by atoms with Gasteiger partial charge in [-0.25, -0.2) is 0 Å². The van der Waals surface area contributed by atoms with Gasteiger partial charge in [-0.15, -0.1) is 0 Å². The molecule has 0 saturated heterocycles. The number of hydrogen-bond donors (Lipinski definition) is 1. The highest BCUT2D eigenvalue weighted by Crippen LogP contribution is 2.45. The highest BCUT2D eigenvalue weighted by atomic mass is 19.4. The average molecular weight is 425 g/mol. The first-order chi connectivity index (χ1) is 14.0. The lowest BCUT2D eigenvalue weighted by Crippen LogP contribution is -2.33. The van der Waals surface area contributed by atoms with Crippen LogP contribution in [0, 0.1) is 12.8 Å². The van der Waals surface area contributed by atoms with Crippen LogP contribution in [0.1, 0.15) is 22.6 Å². The monoisotopic (exact) mass is 425 g/mol. The standard InChI is InChI=1S/C22H17F6NO/c1-13-5-7-14(8-6-13)19-17(3-2-4-18(19)22(26,27)28)20(30)29-16-11-9-15(10-12-16)21(23,24)25/h2-12,18-19H,1H3,(H,29,30). The lowest BCUT2D eigenvalue weighted by atomic mass is 9.76. The van der Waals surface area contributed by atoms with Crippen LogP contribution in [-0.4, -0.2) is 12.1 Å². The van der Waals surface area contributed by atoms with Crippen LogP contribution < -0.4 is 5.32 Å². The minimum atomic E-state index is -4.58. The molecule has 0 spiro atoms. The molecule has 1 amide bonds. The summed E-state index contributed by atoms with van der Waals surface area (Å²) in [5.74, 6) is -3.98. The molecule has 0 radical (unpaired) electrons. The van der Waals surface area contributed by atoms with Crippen molar-refractivity contribution >= 4 is 11.6 Å². The second kappa shape index (κ2) is 8.01. The van der Waals surface area contributed by atoms with E-state index in [-0.39, 0.29) is 11.3 Å². The van der Waals surface area contributed by atoms with Crippen LogP contribution in [0.4, 0.5) is 32.0 Å². The van der Waals surface area contributed by atoms with E-state index in [9.17, 15) is 31.1 Å². The van der Waals surface area contributed by atoms with E-state index < -0.39 is 35.7 Å². The Morgan fingerprint density at radius 3 is 2.03 bits per heavy atom. The lowest BCUT2D eigenvalue weighted by molar-refractivity contribution is -0.165. The van der Waals surface area contributed by atoms with Gasteiger partial charge in [0, 0.05) is 17.2 Å². The maximum absolute atomic E-state index is 13.7. The number of benzene rings is 2. The summed E-state index contributed by atoms with van der Waals surface area (Å²) in [5.41, 5.74) is 0.211. The highest BCUT2D eigenvalue weighted by molar-refractivity contribution is 6.05. The summed E-state index contributed by atoms with van der Waals surface area (Å²) in [4.78, 5) is 12.8. The van der Waals surface area contributed by atoms with Crippen molar-refractivity contribution in [2.45, 2.75) is 25.2 Å². The topological polar surface area (TPSA) is 29.1 Å². The SMILES string of the molecule is Cc1ccc(C2C(C(=O)Nc3ccc(C(F)(F)F)cc3)=CC=CC2C(F)(F)F)cc1. The van der Waals surface area contributed by atoms with Gasteiger partial charge in [-0.05, 0) is 36.8 Å². The van der Waals surface area contributed by atoms with Crippen molar-refractivity contribution in [1.29, 1.82) is 0 Å². The van der Waals surface area contributed by atoms with Crippen molar-refractivity contribution < 1.29 is 31.1 Å². The van der Waals surface area contributed by atoms with Gasteiger partial charge in [-0.2, -0.15) is 26.3 Å². The van der Waals surface area contributed by atoms with Gasteiger partial charge in [0.25, 0.3) is 5.91 Å². The maximum atomic E-state index is 13.7. The van der Waals surface area contributed by atoms with Gasteiger partial charge < -0.3 is 5.32 Å². The molecule has 8 heteroatoms. The molecule has 0 fully saturated rings. The van der Waals surface area contributed by atoms with E-state index in [4.69, 9.17) is 0 Å². The average Bonchev–Trinajstić information content (AvgIpc) is 2.67. The van der Waals surface area contributed by atoms with Gasteiger partial charge in [-0.1, -0.05) is 48.1 Å². The lowest BCUT2D eigenvalue weighted by Gasteiger charge is -2.31. The molecule has 2 nitrogen and oxygen atoms in total. The first-order valence-electron chi connectivity index (χ1n) is 8.97. The number of amides is 1. The molecule has 2 atom stereocenters. The van der Waals surface area contributed by atoms with Crippen LogP contribution in [0.3, 0.4) is 0 Å². The van der Waals surface area contributed by atoms with Crippen molar-refractivity contribution in [3.63, 3.8) is 0 Å².